The minimum absolute atomic E-state index is 0.0629. The Morgan fingerprint density at radius 2 is 2.05 bits per heavy atom. The summed E-state index contributed by atoms with van der Waals surface area (Å²) < 4.78 is 33.0. The molecule has 2 atom stereocenters. The van der Waals surface area contributed by atoms with Crippen LogP contribution in [0.3, 0.4) is 0 Å². The van der Waals surface area contributed by atoms with E-state index in [2.05, 4.69) is 10.0 Å². The minimum atomic E-state index is -3.52. The monoisotopic (exact) mass is 310 g/mol. The fourth-order valence-electron chi connectivity index (χ4n) is 2.34. The fraction of sp³-hybridized carbons (Fsp3) is 0.600. The normalized spacial score (nSPS) is 24.9. The molecule has 5 nitrogen and oxygen atoms in total. The van der Waals surface area contributed by atoms with Gasteiger partial charge >= 0.3 is 0 Å². The van der Waals surface area contributed by atoms with Crippen LogP contribution in [-0.4, -0.2) is 27.6 Å². The van der Waals surface area contributed by atoms with Gasteiger partial charge in [0.1, 0.15) is 10.6 Å². The van der Waals surface area contributed by atoms with Gasteiger partial charge in [0.15, 0.2) is 0 Å². The largest absolute Gasteiger partial charge is 0.495 e. The van der Waals surface area contributed by atoms with Gasteiger partial charge in [-0.1, -0.05) is 13.0 Å². The van der Waals surface area contributed by atoms with Gasteiger partial charge in [-0.2, -0.15) is 0 Å². The van der Waals surface area contributed by atoms with E-state index in [0.29, 0.717) is 24.3 Å². The number of sulfonamides is 1. The number of hydrogen-bond donors (Lipinski definition) is 2. The smallest absolute Gasteiger partial charge is 0.244 e. The molecule has 0 amide bonds. The first-order valence-corrected chi connectivity index (χ1v) is 8.90. The van der Waals surface area contributed by atoms with E-state index in [1.54, 1.807) is 12.1 Å². The summed E-state index contributed by atoms with van der Waals surface area (Å²) in [6, 6.07) is 6.01. The lowest BCUT2D eigenvalue weighted by Crippen LogP contribution is -2.27. The Morgan fingerprint density at radius 3 is 2.62 bits per heavy atom. The minimum Gasteiger partial charge on any atom is -0.495 e. The maximum atomic E-state index is 12.5. The van der Waals surface area contributed by atoms with Crippen molar-refractivity contribution in [1.82, 2.24) is 10.0 Å². The lowest BCUT2D eigenvalue weighted by Gasteiger charge is -2.12. The van der Waals surface area contributed by atoms with Crippen LogP contribution < -0.4 is 14.8 Å². The molecule has 6 heteroatoms. The zero-order valence-electron chi connectivity index (χ0n) is 12.4. The van der Waals surface area contributed by atoms with Crippen LogP contribution in [0.4, 0.5) is 0 Å². The van der Waals surface area contributed by atoms with Crippen molar-refractivity contribution in [2.24, 2.45) is 5.92 Å². The van der Waals surface area contributed by atoms with Crippen molar-refractivity contribution in [1.29, 1.82) is 0 Å². The lowest BCUT2D eigenvalue weighted by atomic mass is 10.2. The summed E-state index contributed by atoms with van der Waals surface area (Å²) in [6.45, 7) is 2.73. The number of hydrogen-bond acceptors (Lipinski definition) is 4. The van der Waals surface area contributed by atoms with Gasteiger partial charge in [0, 0.05) is 18.6 Å². The van der Waals surface area contributed by atoms with Crippen LogP contribution in [0.15, 0.2) is 23.1 Å². The lowest BCUT2D eigenvalue weighted by molar-refractivity contribution is 0.402. The quantitative estimate of drug-likeness (QED) is 0.803. The van der Waals surface area contributed by atoms with Crippen molar-refractivity contribution < 1.29 is 13.2 Å². The van der Waals surface area contributed by atoms with Crippen LogP contribution >= 0.6 is 0 Å². The molecule has 0 aromatic heterocycles. The maximum Gasteiger partial charge on any atom is 0.244 e. The molecule has 0 radical (unpaired) electrons. The summed E-state index contributed by atoms with van der Waals surface area (Å²) >= 11 is 0. The average molecular weight is 310 g/mol. The summed E-state index contributed by atoms with van der Waals surface area (Å²) in [5.74, 6) is 0.816. The molecule has 2 aliphatic carbocycles. The van der Waals surface area contributed by atoms with Crippen molar-refractivity contribution >= 4 is 10.0 Å². The molecule has 116 valence electrons. The maximum absolute atomic E-state index is 12.5. The number of rotatable bonds is 7. The van der Waals surface area contributed by atoms with Crippen molar-refractivity contribution in [3.05, 3.63) is 23.8 Å². The molecule has 2 saturated carbocycles. The molecular formula is C15H22N2O3S. The molecule has 0 saturated heterocycles. The van der Waals surface area contributed by atoms with Crippen molar-refractivity contribution in [3.63, 3.8) is 0 Å². The van der Waals surface area contributed by atoms with E-state index in [0.717, 1.165) is 12.0 Å². The number of methoxy groups -OCH3 is 1. The fourth-order valence-corrected chi connectivity index (χ4v) is 3.92. The third-order valence-corrected chi connectivity index (χ3v) is 5.62. The third-order valence-electron chi connectivity index (χ3n) is 4.11. The second-order valence-electron chi connectivity index (χ2n) is 6.08. The molecule has 2 fully saturated rings. The molecule has 0 heterocycles. The Bertz CT molecular complexity index is 626. The number of benzene rings is 1. The molecule has 3 rings (SSSR count). The van der Waals surface area contributed by atoms with E-state index in [1.165, 1.54) is 20.0 Å². The highest BCUT2D eigenvalue weighted by Crippen LogP contribution is 2.33. The Hall–Kier alpha value is -1.11. The number of ether oxygens (including phenoxy) is 1. The van der Waals surface area contributed by atoms with E-state index >= 15 is 0 Å². The van der Waals surface area contributed by atoms with Gasteiger partial charge in [0.2, 0.25) is 10.0 Å². The molecule has 2 aliphatic rings. The first-order valence-electron chi connectivity index (χ1n) is 7.42. The van der Waals surface area contributed by atoms with Crippen LogP contribution in [0.5, 0.6) is 5.75 Å². The van der Waals surface area contributed by atoms with Gasteiger partial charge in [-0.3, -0.25) is 0 Å². The van der Waals surface area contributed by atoms with E-state index in [4.69, 9.17) is 4.74 Å². The SMILES string of the molecule is COc1ccc(CNC2CC2)cc1S(=O)(=O)NC1CC1C. The molecule has 1 aromatic carbocycles. The predicted octanol–water partition coefficient (Wildman–Crippen LogP) is 1.63. The highest BCUT2D eigenvalue weighted by atomic mass is 32.2. The Balaban J connectivity index is 1.81. The summed E-state index contributed by atoms with van der Waals surface area (Å²) in [6.07, 6.45) is 3.33. The predicted molar refractivity (Wildman–Crippen MR) is 80.7 cm³/mol. The summed E-state index contributed by atoms with van der Waals surface area (Å²) in [5, 5.41) is 3.39. The molecule has 0 bridgehead atoms. The molecule has 0 spiro atoms. The van der Waals surface area contributed by atoms with Crippen molar-refractivity contribution in [2.75, 3.05) is 7.11 Å². The molecule has 0 aliphatic heterocycles. The summed E-state index contributed by atoms with van der Waals surface area (Å²) in [4.78, 5) is 0.235. The topological polar surface area (TPSA) is 67.4 Å². The van der Waals surface area contributed by atoms with Crippen LogP contribution in [0, 0.1) is 5.92 Å². The van der Waals surface area contributed by atoms with Gasteiger partial charge < -0.3 is 10.1 Å². The van der Waals surface area contributed by atoms with Crippen molar-refractivity contribution in [3.8, 4) is 5.75 Å². The molecule has 2 unspecified atom stereocenters. The van der Waals surface area contributed by atoms with Crippen LogP contribution in [0.1, 0.15) is 31.7 Å². The van der Waals surface area contributed by atoms with E-state index in [1.807, 2.05) is 13.0 Å². The van der Waals surface area contributed by atoms with Crippen molar-refractivity contribution in [2.45, 2.75) is 49.7 Å². The molecule has 1 aromatic rings. The standard InChI is InChI=1S/C15H22N2O3S/c1-10-7-13(10)17-21(18,19)15-8-11(3-6-14(15)20-2)9-16-12-4-5-12/h3,6,8,10,12-13,16-17H,4-5,7,9H2,1-2H3. The highest BCUT2D eigenvalue weighted by molar-refractivity contribution is 7.89. The zero-order valence-corrected chi connectivity index (χ0v) is 13.2. The van der Waals surface area contributed by atoms with Crippen LogP contribution in [0.2, 0.25) is 0 Å². The van der Waals surface area contributed by atoms with E-state index in [-0.39, 0.29) is 10.9 Å². The first-order chi connectivity index (χ1) is 9.99. The summed E-state index contributed by atoms with van der Waals surface area (Å²) in [7, 11) is -2.02. The molecular weight excluding hydrogens is 288 g/mol. The average Bonchev–Trinajstić information content (AvgIpc) is 3.36. The summed E-state index contributed by atoms with van der Waals surface area (Å²) in [5.41, 5.74) is 0.965. The second-order valence-corrected chi connectivity index (χ2v) is 7.76. The Kier molecular flexibility index (Phi) is 3.94. The van der Waals surface area contributed by atoms with Crippen LogP contribution in [-0.2, 0) is 16.6 Å². The van der Waals surface area contributed by atoms with E-state index in [9.17, 15) is 8.42 Å². The van der Waals surface area contributed by atoms with E-state index < -0.39 is 10.0 Å². The van der Waals surface area contributed by atoms with Gasteiger partial charge in [-0.05, 0) is 42.9 Å². The van der Waals surface area contributed by atoms with Crippen LogP contribution in [0.25, 0.3) is 0 Å². The van der Waals surface area contributed by atoms with Gasteiger partial charge in [0.05, 0.1) is 7.11 Å². The van der Waals surface area contributed by atoms with Gasteiger partial charge in [0.25, 0.3) is 0 Å². The van der Waals surface area contributed by atoms with Gasteiger partial charge in [-0.25, -0.2) is 13.1 Å². The Morgan fingerprint density at radius 1 is 1.33 bits per heavy atom. The second kappa shape index (κ2) is 5.59. The Labute approximate surface area is 126 Å². The van der Waals surface area contributed by atoms with Gasteiger partial charge in [-0.15, -0.1) is 0 Å². The third kappa shape index (κ3) is 3.56. The molecule has 21 heavy (non-hydrogen) atoms. The zero-order chi connectivity index (χ0) is 15.0. The molecule has 2 N–H and O–H groups in total. The first kappa shape index (κ1) is 14.8. The highest BCUT2D eigenvalue weighted by Gasteiger charge is 2.37. The number of nitrogens with one attached hydrogen (secondary N) is 2.